The largest absolute Gasteiger partial charge is 0.390 e. The van der Waals surface area contributed by atoms with Crippen LogP contribution in [0, 0.1) is 5.92 Å². The first kappa shape index (κ1) is 12.9. The zero-order valence-corrected chi connectivity index (χ0v) is 10.2. The fourth-order valence-corrected chi connectivity index (χ4v) is 1.71. The molecule has 16 heavy (non-hydrogen) atoms. The van der Waals surface area contributed by atoms with E-state index in [1.165, 1.54) is 5.56 Å². The zero-order valence-electron chi connectivity index (χ0n) is 10.2. The van der Waals surface area contributed by atoms with Crippen molar-refractivity contribution in [2.45, 2.75) is 39.2 Å². The molecular formula is C14H20O2. The molecule has 88 valence electrons. The van der Waals surface area contributed by atoms with Crippen molar-refractivity contribution >= 4 is 6.29 Å². The number of aldehydes is 1. The Labute approximate surface area is 97.3 Å². The van der Waals surface area contributed by atoms with Gasteiger partial charge in [-0.05, 0) is 31.4 Å². The highest BCUT2D eigenvalue weighted by atomic mass is 16.3. The quantitative estimate of drug-likeness (QED) is 0.773. The number of carbonyl (C=O) groups is 1. The molecule has 0 spiro atoms. The Balaban J connectivity index is 2.64. The molecule has 0 aromatic heterocycles. The monoisotopic (exact) mass is 220 g/mol. The molecule has 1 atom stereocenters. The summed E-state index contributed by atoms with van der Waals surface area (Å²) in [5, 5.41) is 9.68. The predicted molar refractivity (Wildman–Crippen MR) is 65.4 cm³/mol. The van der Waals surface area contributed by atoms with Crippen molar-refractivity contribution in [3.8, 4) is 0 Å². The topological polar surface area (TPSA) is 37.3 Å². The van der Waals surface area contributed by atoms with Crippen LogP contribution in [0.25, 0.3) is 0 Å². The Kier molecular flexibility index (Phi) is 4.25. The maximum absolute atomic E-state index is 10.5. The Bertz CT molecular complexity index is 333. The highest BCUT2D eigenvalue weighted by Gasteiger charge is 2.13. The lowest BCUT2D eigenvalue weighted by Crippen LogP contribution is -2.21. The second-order valence-corrected chi connectivity index (χ2v) is 5.12. The summed E-state index contributed by atoms with van der Waals surface area (Å²) in [4.78, 5) is 10.5. The fourth-order valence-electron chi connectivity index (χ4n) is 1.71. The van der Waals surface area contributed by atoms with Gasteiger partial charge in [0.15, 0.2) is 0 Å². The van der Waals surface area contributed by atoms with Crippen LogP contribution in [0.15, 0.2) is 24.3 Å². The first-order valence-corrected chi connectivity index (χ1v) is 5.66. The lowest BCUT2D eigenvalue weighted by molar-refractivity contribution is -0.110. The SMILES string of the molecule is CC(C=O)Cc1ccc(CC(C)(C)O)cc1. The highest BCUT2D eigenvalue weighted by Crippen LogP contribution is 2.14. The fraction of sp³-hybridized carbons (Fsp3) is 0.500. The number of hydrogen-bond donors (Lipinski definition) is 1. The minimum absolute atomic E-state index is 0.0696. The smallest absolute Gasteiger partial charge is 0.123 e. The molecule has 2 nitrogen and oxygen atoms in total. The molecule has 0 aliphatic carbocycles. The number of carbonyl (C=O) groups excluding carboxylic acids is 1. The van der Waals surface area contributed by atoms with E-state index in [4.69, 9.17) is 0 Å². The van der Waals surface area contributed by atoms with Crippen molar-refractivity contribution < 1.29 is 9.90 Å². The average molecular weight is 220 g/mol. The minimum Gasteiger partial charge on any atom is -0.390 e. The molecule has 0 aliphatic heterocycles. The Morgan fingerprint density at radius 3 is 2.19 bits per heavy atom. The van der Waals surface area contributed by atoms with Gasteiger partial charge in [-0.2, -0.15) is 0 Å². The molecule has 0 fully saturated rings. The van der Waals surface area contributed by atoms with E-state index in [2.05, 4.69) is 0 Å². The van der Waals surface area contributed by atoms with E-state index in [1.54, 1.807) is 13.8 Å². The lowest BCUT2D eigenvalue weighted by Gasteiger charge is -2.17. The Morgan fingerprint density at radius 1 is 1.25 bits per heavy atom. The standard InChI is InChI=1S/C14H20O2/c1-11(10-15)8-12-4-6-13(7-5-12)9-14(2,3)16/h4-7,10-11,16H,8-9H2,1-3H3. The molecular weight excluding hydrogens is 200 g/mol. The second kappa shape index (κ2) is 5.26. The van der Waals surface area contributed by atoms with Gasteiger partial charge in [0.05, 0.1) is 5.60 Å². The van der Waals surface area contributed by atoms with Gasteiger partial charge >= 0.3 is 0 Å². The molecule has 0 saturated heterocycles. The van der Waals surface area contributed by atoms with Crippen molar-refractivity contribution in [2.75, 3.05) is 0 Å². The first-order valence-electron chi connectivity index (χ1n) is 5.66. The van der Waals surface area contributed by atoms with E-state index < -0.39 is 5.60 Å². The molecule has 2 heteroatoms. The van der Waals surface area contributed by atoms with E-state index in [0.717, 1.165) is 18.3 Å². The summed E-state index contributed by atoms with van der Waals surface area (Å²) in [6.07, 6.45) is 2.41. The van der Waals surface area contributed by atoms with Crippen LogP contribution in [0.4, 0.5) is 0 Å². The van der Waals surface area contributed by atoms with Crippen LogP contribution in [0.5, 0.6) is 0 Å². The maximum Gasteiger partial charge on any atom is 0.123 e. The van der Waals surface area contributed by atoms with Crippen LogP contribution in [-0.4, -0.2) is 17.0 Å². The Hall–Kier alpha value is -1.15. The lowest BCUT2D eigenvalue weighted by atomic mass is 9.96. The molecule has 0 bridgehead atoms. The number of aliphatic hydroxyl groups is 1. The van der Waals surface area contributed by atoms with Crippen molar-refractivity contribution in [2.24, 2.45) is 5.92 Å². The molecule has 0 amide bonds. The molecule has 0 aliphatic rings. The van der Waals surface area contributed by atoms with Crippen LogP contribution < -0.4 is 0 Å². The van der Waals surface area contributed by atoms with Gasteiger partial charge in [0.25, 0.3) is 0 Å². The molecule has 1 aromatic carbocycles. The molecule has 1 aromatic rings. The Morgan fingerprint density at radius 2 is 1.75 bits per heavy atom. The van der Waals surface area contributed by atoms with Crippen molar-refractivity contribution in [3.63, 3.8) is 0 Å². The molecule has 0 radical (unpaired) electrons. The van der Waals surface area contributed by atoms with Gasteiger partial charge in [0, 0.05) is 12.3 Å². The van der Waals surface area contributed by atoms with Crippen LogP contribution >= 0.6 is 0 Å². The maximum atomic E-state index is 10.5. The summed E-state index contributed by atoms with van der Waals surface area (Å²) in [5.74, 6) is 0.0696. The third kappa shape index (κ3) is 4.58. The van der Waals surface area contributed by atoms with E-state index in [-0.39, 0.29) is 5.92 Å². The summed E-state index contributed by atoms with van der Waals surface area (Å²) < 4.78 is 0. The number of rotatable bonds is 5. The second-order valence-electron chi connectivity index (χ2n) is 5.12. The van der Waals surface area contributed by atoms with Gasteiger partial charge in [0.1, 0.15) is 6.29 Å². The van der Waals surface area contributed by atoms with E-state index in [1.807, 2.05) is 31.2 Å². The third-order valence-corrected chi connectivity index (χ3v) is 2.45. The van der Waals surface area contributed by atoms with Gasteiger partial charge < -0.3 is 9.90 Å². The van der Waals surface area contributed by atoms with E-state index >= 15 is 0 Å². The summed E-state index contributed by atoms with van der Waals surface area (Å²) >= 11 is 0. The summed E-state index contributed by atoms with van der Waals surface area (Å²) in [6.45, 7) is 5.52. The molecule has 1 N–H and O–H groups in total. The summed E-state index contributed by atoms with van der Waals surface area (Å²) in [6, 6.07) is 8.10. The van der Waals surface area contributed by atoms with Crippen molar-refractivity contribution in [3.05, 3.63) is 35.4 Å². The third-order valence-electron chi connectivity index (χ3n) is 2.45. The van der Waals surface area contributed by atoms with E-state index in [9.17, 15) is 9.90 Å². The number of hydrogen-bond acceptors (Lipinski definition) is 2. The predicted octanol–water partition coefficient (Wildman–Crippen LogP) is 2.38. The van der Waals surface area contributed by atoms with Crippen LogP contribution in [0.1, 0.15) is 31.9 Å². The minimum atomic E-state index is -0.669. The zero-order chi connectivity index (χ0) is 12.2. The van der Waals surface area contributed by atoms with Gasteiger partial charge in [-0.15, -0.1) is 0 Å². The van der Waals surface area contributed by atoms with Crippen LogP contribution in [0.3, 0.4) is 0 Å². The summed E-state index contributed by atoms with van der Waals surface area (Å²) in [7, 11) is 0. The van der Waals surface area contributed by atoms with Gasteiger partial charge in [-0.25, -0.2) is 0 Å². The van der Waals surface area contributed by atoms with Crippen LogP contribution in [-0.2, 0) is 17.6 Å². The highest BCUT2D eigenvalue weighted by molar-refractivity contribution is 5.53. The molecule has 0 heterocycles. The normalized spacial score (nSPS) is 13.5. The first-order chi connectivity index (χ1) is 7.40. The van der Waals surface area contributed by atoms with Crippen molar-refractivity contribution in [1.82, 2.24) is 0 Å². The van der Waals surface area contributed by atoms with Gasteiger partial charge in [0.2, 0.25) is 0 Å². The molecule has 1 rings (SSSR count). The average Bonchev–Trinajstić information content (AvgIpc) is 2.18. The van der Waals surface area contributed by atoms with Crippen LogP contribution in [0.2, 0.25) is 0 Å². The molecule has 1 unspecified atom stereocenters. The van der Waals surface area contributed by atoms with Gasteiger partial charge in [-0.1, -0.05) is 31.2 Å². The summed E-state index contributed by atoms with van der Waals surface area (Å²) in [5.41, 5.74) is 1.62. The van der Waals surface area contributed by atoms with Gasteiger partial charge in [-0.3, -0.25) is 0 Å². The van der Waals surface area contributed by atoms with E-state index in [0.29, 0.717) is 6.42 Å². The van der Waals surface area contributed by atoms with Crippen molar-refractivity contribution in [1.29, 1.82) is 0 Å². The molecule has 0 saturated carbocycles. The number of benzene rings is 1.